The van der Waals surface area contributed by atoms with E-state index in [2.05, 4.69) is 15.6 Å². The van der Waals surface area contributed by atoms with Crippen molar-refractivity contribution in [1.82, 2.24) is 5.32 Å². The molecule has 35 heavy (non-hydrogen) atoms. The number of benzodiazepines with no additional fused rings is 1. The Bertz CT molecular complexity index is 1260. The molecular formula is C26H23ClN4O4. The molecule has 0 aromatic heterocycles. The molecule has 1 aliphatic heterocycles. The summed E-state index contributed by atoms with van der Waals surface area (Å²) in [6.45, 7) is 1.55. The molecule has 0 spiro atoms. The summed E-state index contributed by atoms with van der Waals surface area (Å²) >= 11 is 5.91. The van der Waals surface area contributed by atoms with Crippen LogP contribution in [0.1, 0.15) is 18.1 Å². The van der Waals surface area contributed by atoms with E-state index in [1.807, 2.05) is 42.5 Å². The number of para-hydroxylation sites is 1. The van der Waals surface area contributed by atoms with Gasteiger partial charge in [-0.2, -0.15) is 0 Å². The normalized spacial score (nSPS) is 14.9. The highest BCUT2D eigenvalue weighted by molar-refractivity contribution is 6.30. The van der Waals surface area contributed by atoms with Crippen molar-refractivity contribution < 1.29 is 19.1 Å². The predicted octanol–water partition coefficient (Wildman–Crippen LogP) is 4.23. The second-order valence-corrected chi connectivity index (χ2v) is 8.03. The van der Waals surface area contributed by atoms with E-state index in [0.29, 0.717) is 27.7 Å². The van der Waals surface area contributed by atoms with Crippen molar-refractivity contribution in [2.45, 2.75) is 13.1 Å². The Labute approximate surface area is 207 Å². The van der Waals surface area contributed by atoms with Gasteiger partial charge in [-0.3, -0.25) is 14.5 Å². The van der Waals surface area contributed by atoms with Gasteiger partial charge in [-0.15, -0.1) is 0 Å². The number of carbonyl (C=O) groups excluding carboxylic acids is 3. The highest BCUT2D eigenvalue weighted by Gasteiger charge is 2.34. The molecule has 178 valence electrons. The number of urea groups is 1. The van der Waals surface area contributed by atoms with Gasteiger partial charge in [0.05, 0.1) is 18.0 Å². The second kappa shape index (κ2) is 10.8. The predicted molar refractivity (Wildman–Crippen MR) is 135 cm³/mol. The van der Waals surface area contributed by atoms with Gasteiger partial charge in [0.1, 0.15) is 6.54 Å². The maximum atomic E-state index is 13.6. The van der Waals surface area contributed by atoms with Crippen LogP contribution in [-0.2, 0) is 14.3 Å². The second-order valence-electron chi connectivity index (χ2n) is 7.60. The number of aliphatic imine (C=N–C) groups is 1. The smallest absolute Gasteiger partial charge is 0.326 e. The van der Waals surface area contributed by atoms with E-state index in [1.54, 1.807) is 43.3 Å². The van der Waals surface area contributed by atoms with Crippen LogP contribution in [0.3, 0.4) is 0 Å². The first-order valence-electron chi connectivity index (χ1n) is 11.0. The number of hydrogen-bond acceptors (Lipinski definition) is 5. The Morgan fingerprint density at radius 2 is 1.69 bits per heavy atom. The fraction of sp³-hybridized carbons (Fsp3) is 0.154. The molecule has 9 heteroatoms. The summed E-state index contributed by atoms with van der Waals surface area (Å²) in [5.41, 5.74) is 2.91. The van der Waals surface area contributed by atoms with Crippen molar-refractivity contribution in [3.8, 4) is 0 Å². The number of anilines is 2. The zero-order valence-electron chi connectivity index (χ0n) is 18.9. The number of nitrogens with one attached hydrogen (secondary N) is 2. The number of fused-ring (bicyclic) bond motifs is 1. The standard InChI is InChI=1S/C26H23ClN4O4/c1-2-35-22(32)16-31-21-11-7-6-10-20(21)23(17-8-4-3-5-9-17)29-24(25(31)33)30-26(34)28-19-14-12-18(27)13-15-19/h3-15,24H,2,16H2,1H3,(H2,28,30,34)/t24-/m0/s1. The minimum absolute atomic E-state index is 0.180. The van der Waals surface area contributed by atoms with E-state index in [1.165, 1.54) is 4.90 Å². The average Bonchev–Trinajstić information content (AvgIpc) is 2.97. The molecule has 3 amide bonds. The minimum Gasteiger partial charge on any atom is -0.465 e. The molecule has 0 unspecified atom stereocenters. The Kier molecular flexibility index (Phi) is 7.42. The summed E-state index contributed by atoms with van der Waals surface area (Å²) in [5.74, 6) is -1.13. The van der Waals surface area contributed by atoms with Gasteiger partial charge in [-0.1, -0.05) is 60.1 Å². The number of nitrogens with zero attached hydrogens (tertiary/aromatic N) is 2. The van der Waals surface area contributed by atoms with Gasteiger partial charge < -0.3 is 15.4 Å². The lowest BCUT2D eigenvalue weighted by molar-refractivity contribution is -0.142. The van der Waals surface area contributed by atoms with Crippen LogP contribution in [0.2, 0.25) is 5.02 Å². The lowest BCUT2D eigenvalue weighted by Crippen LogP contribution is -2.50. The zero-order valence-corrected chi connectivity index (χ0v) is 19.7. The van der Waals surface area contributed by atoms with Crippen LogP contribution in [0.15, 0.2) is 83.9 Å². The maximum absolute atomic E-state index is 13.6. The van der Waals surface area contributed by atoms with Crippen molar-refractivity contribution in [1.29, 1.82) is 0 Å². The van der Waals surface area contributed by atoms with Gasteiger partial charge in [0.15, 0.2) is 0 Å². The first-order chi connectivity index (χ1) is 17.0. The molecule has 0 radical (unpaired) electrons. The van der Waals surface area contributed by atoms with Crippen LogP contribution in [0, 0.1) is 0 Å². The van der Waals surface area contributed by atoms with Gasteiger partial charge in [-0.25, -0.2) is 9.79 Å². The number of halogens is 1. The third-order valence-electron chi connectivity index (χ3n) is 5.22. The van der Waals surface area contributed by atoms with Crippen LogP contribution in [0.5, 0.6) is 0 Å². The Morgan fingerprint density at radius 1 is 1.00 bits per heavy atom. The van der Waals surface area contributed by atoms with Gasteiger partial charge in [0.2, 0.25) is 6.17 Å². The van der Waals surface area contributed by atoms with Crippen molar-refractivity contribution in [2.75, 3.05) is 23.4 Å². The molecule has 0 aliphatic carbocycles. The topological polar surface area (TPSA) is 100 Å². The zero-order chi connectivity index (χ0) is 24.8. The summed E-state index contributed by atoms with van der Waals surface area (Å²) < 4.78 is 5.08. The monoisotopic (exact) mass is 490 g/mol. The molecular weight excluding hydrogens is 468 g/mol. The summed E-state index contributed by atoms with van der Waals surface area (Å²) in [6.07, 6.45) is -1.29. The Hall–Kier alpha value is -4.17. The summed E-state index contributed by atoms with van der Waals surface area (Å²) in [7, 11) is 0. The van der Waals surface area contributed by atoms with Crippen LogP contribution in [0.25, 0.3) is 0 Å². The molecule has 1 heterocycles. The van der Waals surface area contributed by atoms with E-state index in [4.69, 9.17) is 16.3 Å². The molecule has 1 aliphatic rings. The SMILES string of the molecule is CCOC(=O)CN1C(=O)[C@H](NC(=O)Nc2ccc(Cl)cc2)N=C(c2ccccc2)c2ccccc21. The first kappa shape index (κ1) is 24.0. The summed E-state index contributed by atoms with van der Waals surface area (Å²) in [4.78, 5) is 44.7. The van der Waals surface area contributed by atoms with Crippen LogP contribution >= 0.6 is 11.6 Å². The molecule has 0 fully saturated rings. The quantitative estimate of drug-likeness (QED) is 0.505. The number of amides is 3. The van der Waals surface area contributed by atoms with Crippen LogP contribution in [0.4, 0.5) is 16.2 Å². The number of carbonyl (C=O) groups is 3. The maximum Gasteiger partial charge on any atom is 0.326 e. The van der Waals surface area contributed by atoms with Crippen molar-refractivity contribution >= 4 is 46.6 Å². The number of esters is 1. The van der Waals surface area contributed by atoms with Crippen molar-refractivity contribution in [3.63, 3.8) is 0 Å². The molecule has 0 bridgehead atoms. The first-order valence-corrected chi connectivity index (χ1v) is 11.4. The van der Waals surface area contributed by atoms with Gasteiger partial charge >= 0.3 is 12.0 Å². The van der Waals surface area contributed by atoms with E-state index >= 15 is 0 Å². The number of benzene rings is 3. The largest absolute Gasteiger partial charge is 0.465 e. The van der Waals surface area contributed by atoms with E-state index in [9.17, 15) is 14.4 Å². The van der Waals surface area contributed by atoms with E-state index in [-0.39, 0.29) is 13.2 Å². The molecule has 0 saturated carbocycles. The number of ether oxygens (including phenoxy) is 1. The number of hydrogen-bond donors (Lipinski definition) is 2. The molecule has 0 saturated heterocycles. The van der Waals surface area contributed by atoms with Gasteiger partial charge in [0, 0.05) is 21.8 Å². The third kappa shape index (κ3) is 5.67. The Morgan fingerprint density at radius 3 is 2.40 bits per heavy atom. The third-order valence-corrected chi connectivity index (χ3v) is 5.47. The summed E-state index contributed by atoms with van der Waals surface area (Å²) in [6, 6.07) is 22.4. The summed E-state index contributed by atoms with van der Waals surface area (Å²) in [5, 5.41) is 5.82. The molecule has 8 nitrogen and oxygen atoms in total. The minimum atomic E-state index is -1.29. The highest BCUT2D eigenvalue weighted by Crippen LogP contribution is 2.28. The number of rotatable bonds is 6. The lowest BCUT2D eigenvalue weighted by Gasteiger charge is -2.24. The highest BCUT2D eigenvalue weighted by atomic mass is 35.5. The molecule has 4 rings (SSSR count). The molecule has 2 N–H and O–H groups in total. The van der Waals surface area contributed by atoms with Crippen LogP contribution < -0.4 is 15.5 Å². The van der Waals surface area contributed by atoms with Gasteiger partial charge in [0.25, 0.3) is 5.91 Å². The molecule has 3 aromatic rings. The fourth-order valence-electron chi connectivity index (χ4n) is 3.67. The Balaban J connectivity index is 1.72. The van der Waals surface area contributed by atoms with Crippen molar-refractivity contribution in [2.24, 2.45) is 4.99 Å². The fourth-order valence-corrected chi connectivity index (χ4v) is 3.80. The van der Waals surface area contributed by atoms with Crippen LogP contribution in [-0.4, -0.2) is 42.9 Å². The molecule has 1 atom stereocenters. The lowest BCUT2D eigenvalue weighted by atomic mass is 10.0. The van der Waals surface area contributed by atoms with E-state index in [0.717, 1.165) is 5.56 Å². The van der Waals surface area contributed by atoms with Crippen molar-refractivity contribution in [3.05, 3.63) is 95.0 Å². The average molecular weight is 491 g/mol. The van der Waals surface area contributed by atoms with E-state index < -0.39 is 24.1 Å². The van der Waals surface area contributed by atoms with Gasteiger partial charge in [-0.05, 0) is 37.3 Å². The molecule has 3 aromatic carbocycles.